The van der Waals surface area contributed by atoms with E-state index in [0.717, 1.165) is 30.0 Å². The fourth-order valence-electron chi connectivity index (χ4n) is 2.03. The van der Waals surface area contributed by atoms with E-state index in [-0.39, 0.29) is 6.04 Å². The number of nitrogens with one attached hydrogen (secondary N) is 1. The Balaban J connectivity index is 2.40. The van der Waals surface area contributed by atoms with Crippen LogP contribution in [0.5, 0.6) is 5.88 Å². The van der Waals surface area contributed by atoms with E-state index in [9.17, 15) is 0 Å². The molecule has 102 valence electrons. The zero-order valence-electron chi connectivity index (χ0n) is 11.5. The average Bonchev–Trinajstić information content (AvgIpc) is 2.86. The zero-order valence-corrected chi connectivity index (χ0v) is 11.5. The van der Waals surface area contributed by atoms with Gasteiger partial charge in [-0.15, -0.1) is 0 Å². The van der Waals surface area contributed by atoms with Crippen LogP contribution < -0.4 is 10.1 Å². The summed E-state index contributed by atoms with van der Waals surface area (Å²) in [7, 11) is 1.60. The van der Waals surface area contributed by atoms with E-state index in [1.54, 1.807) is 25.8 Å². The molecule has 19 heavy (non-hydrogen) atoms. The van der Waals surface area contributed by atoms with E-state index >= 15 is 0 Å². The Bertz CT molecular complexity index is 525. The van der Waals surface area contributed by atoms with E-state index in [1.807, 2.05) is 13.0 Å². The topological polar surface area (TPSA) is 60.2 Å². The molecule has 2 heterocycles. The second kappa shape index (κ2) is 6.33. The molecule has 2 rings (SSSR count). The molecule has 0 aromatic carbocycles. The molecule has 5 heteroatoms. The fraction of sp³-hybridized carbons (Fsp3) is 0.429. The van der Waals surface area contributed by atoms with Crippen LogP contribution in [-0.4, -0.2) is 23.6 Å². The van der Waals surface area contributed by atoms with Gasteiger partial charge in [-0.3, -0.25) is 4.98 Å². The maximum Gasteiger partial charge on any atom is 0.237 e. The monoisotopic (exact) mass is 261 g/mol. The molecule has 0 spiro atoms. The minimum absolute atomic E-state index is 0.0673. The van der Waals surface area contributed by atoms with Crippen molar-refractivity contribution in [1.82, 2.24) is 15.3 Å². The number of aryl methyl sites for hydroxylation is 1. The lowest BCUT2D eigenvalue weighted by molar-refractivity contribution is 0.382. The number of aromatic nitrogens is 2. The number of ether oxygens (including phenoxy) is 1. The Kier molecular flexibility index (Phi) is 4.52. The highest BCUT2D eigenvalue weighted by molar-refractivity contribution is 5.33. The van der Waals surface area contributed by atoms with Crippen molar-refractivity contribution < 1.29 is 9.15 Å². The van der Waals surface area contributed by atoms with Gasteiger partial charge >= 0.3 is 0 Å². The molecule has 2 aromatic heterocycles. The fourth-order valence-corrected chi connectivity index (χ4v) is 2.03. The molecular formula is C14H19N3O2. The van der Waals surface area contributed by atoms with Crippen molar-refractivity contribution in [3.63, 3.8) is 0 Å². The van der Waals surface area contributed by atoms with Gasteiger partial charge in [0.1, 0.15) is 11.5 Å². The van der Waals surface area contributed by atoms with Crippen molar-refractivity contribution in [2.75, 3.05) is 13.7 Å². The Morgan fingerprint density at radius 3 is 2.79 bits per heavy atom. The summed E-state index contributed by atoms with van der Waals surface area (Å²) < 4.78 is 10.7. The summed E-state index contributed by atoms with van der Waals surface area (Å²) in [6.45, 7) is 4.95. The van der Waals surface area contributed by atoms with Gasteiger partial charge < -0.3 is 14.5 Å². The van der Waals surface area contributed by atoms with E-state index in [4.69, 9.17) is 9.15 Å². The Hall–Kier alpha value is -1.88. The number of hydrogen-bond acceptors (Lipinski definition) is 5. The molecule has 0 fully saturated rings. The third-order valence-corrected chi connectivity index (χ3v) is 2.97. The van der Waals surface area contributed by atoms with Crippen molar-refractivity contribution in [2.45, 2.75) is 26.3 Å². The molecule has 0 saturated carbocycles. The van der Waals surface area contributed by atoms with Crippen LogP contribution in [0.4, 0.5) is 0 Å². The molecule has 0 aliphatic rings. The summed E-state index contributed by atoms with van der Waals surface area (Å²) >= 11 is 0. The molecule has 1 unspecified atom stereocenters. The summed E-state index contributed by atoms with van der Waals surface area (Å²) in [5.41, 5.74) is 1.84. The summed E-state index contributed by atoms with van der Waals surface area (Å²) in [6, 6.07) is 1.89. The summed E-state index contributed by atoms with van der Waals surface area (Å²) in [5, 5.41) is 3.46. The van der Waals surface area contributed by atoms with Crippen molar-refractivity contribution in [3.05, 3.63) is 41.7 Å². The smallest absolute Gasteiger partial charge is 0.237 e. The van der Waals surface area contributed by atoms with E-state index in [2.05, 4.69) is 22.2 Å². The number of furan rings is 1. The lowest BCUT2D eigenvalue weighted by atomic mass is 10.0. The van der Waals surface area contributed by atoms with Crippen molar-refractivity contribution in [3.8, 4) is 5.88 Å². The van der Waals surface area contributed by atoms with Gasteiger partial charge in [0.05, 0.1) is 19.4 Å². The van der Waals surface area contributed by atoms with Crippen molar-refractivity contribution >= 4 is 0 Å². The molecule has 1 N–H and O–H groups in total. The van der Waals surface area contributed by atoms with Gasteiger partial charge in [0.2, 0.25) is 5.88 Å². The molecule has 2 aromatic rings. The quantitative estimate of drug-likeness (QED) is 0.865. The normalized spacial score (nSPS) is 12.4. The standard InChI is InChI=1S/C14H19N3O2/c1-4-6-15-12(11-5-9-19-10(11)2)13-14(18-3)17-8-7-16-13/h5,7-9,12,15H,4,6H2,1-3H3. The van der Waals surface area contributed by atoms with Gasteiger partial charge in [-0.05, 0) is 26.0 Å². The molecular weight excluding hydrogens is 242 g/mol. The van der Waals surface area contributed by atoms with Crippen LogP contribution in [0.3, 0.4) is 0 Å². The molecule has 1 atom stereocenters. The number of hydrogen-bond donors (Lipinski definition) is 1. The van der Waals surface area contributed by atoms with Crippen LogP contribution >= 0.6 is 0 Å². The Labute approximate surface area is 113 Å². The highest BCUT2D eigenvalue weighted by atomic mass is 16.5. The first kappa shape index (κ1) is 13.5. The molecule has 5 nitrogen and oxygen atoms in total. The van der Waals surface area contributed by atoms with Gasteiger partial charge in [0.15, 0.2) is 0 Å². The van der Waals surface area contributed by atoms with Gasteiger partial charge in [-0.1, -0.05) is 6.92 Å². The van der Waals surface area contributed by atoms with E-state index in [0.29, 0.717) is 5.88 Å². The molecule has 0 bridgehead atoms. The van der Waals surface area contributed by atoms with Crippen LogP contribution in [0.15, 0.2) is 29.1 Å². The Morgan fingerprint density at radius 1 is 1.37 bits per heavy atom. The van der Waals surface area contributed by atoms with Crippen LogP contribution in [0, 0.1) is 6.92 Å². The third-order valence-electron chi connectivity index (χ3n) is 2.97. The molecule has 0 radical (unpaired) electrons. The lowest BCUT2D eigenvalue weighted by Crippen LogP contribution is -2.25. The van der Waals surface area contributed by atoms with Crippen molar-refractivity contribution in [1.29, 1.82) is 0 Å². The van der Waals surface area contributed by atoms with Crippen molar-refractivity contribution in [2.24, 2.45) is 0 Å². The van der Waals surface area contributed by atoms with Gasteiger partial charge in [-0.2, -0.15) is 0 Å². The highest BCUT2D eigenvalue weighted by Gasteiger charge is 2.22. The summed E-state index contributed by atoms with van der Waals surface area (Å²) in [5.74, 6) is 1.41. The SMILES string of the molecule is CCCNC(c1ccoc1C)c1nccnc1OC. The zero-order chi connectivity index (χ0) is 13.7. The molecule has 0 saturated heterocycles. The van der Waals surface area contributed by atoms with Crippen LogP contribution in [-0.2, 0) is 0 Å². The number of methoxy groups -OCH3 is 1. The van der Waals surface area contributed by atoms with Gasteiger partial charge in [0, 0.05) is 18.0 Å². The van der Waals surface area contributed by atoms with E-state index < -0.39 is 0 Å². The number of nitrogens with zero attached hydrogens (tertiary/aromatic N) is 2. The number of rotatable bonds is 6. The first-order valence-corrected chi connectivity index (χ1v) is 6.40. The summed E-state index contributed by atoms with van der Waals surface area (Å²) in [4.78, 5) is 8.62. The van der Waals surface area contributed by atoms with E-state index in [1.165, 1.54) is 0 Å². The molecule has 0 amide bonds. The first-order valence-electron chi connectivity index (χ1n) is 6.40. The minimum atomic E-state index is -0.0673. The van der Waals surface area contributed by atoms with Crippen LogP contribution in [0.2, 0.25) is 0 Å². The maximum absolute atomic E-state index is 5.39. The summed E-state index contributed by atoms with van der Waals surface area (Å²) in [6.07, 6.45) is 6.03. The maximum atomic E-state index is 5.39. The first-order chi connectivity index (χ1) is 9.27. The third kappa shape index (κ3) is 2.93. The predicted molar refractivity (Wildman–Crippen MR) is 72.2 cm³/mol. The highest BCUT2D eigenvalue weighted by Crippen LogP contribution is 2.28. The second-order valence-electron chi connectivity index (χ2n) is 4.27. The Morgan fingerprint density at radius 2 is 2.16 bits per heavy atom. The lowest BCUT2D eigenvalue weighted by Gasteiger charge is -2.19. The van der Waals surface area contributed by atoms with Gasteiger partial charge in [-0.25, -0.2) is 4.98 Å². The predicted octanol–water partition coefficient (Wildman–Crippen LogP) is 2.48. The van der Waals surface area contributed by atoms with Gasteiger partial charge in [0.25, 0.3) is 0 Å². The molecule has 0 aliphatic carbocycles. The second-order valence-corrected chi connectivity index (χ2v) is 4.27. The largest absolute Gasteiger partial charge is 0.480 e. The van der Waals surface area contributed by atoms with Crippen LogP contribution in [0.1, 0.15) is 36.4 Å². The van der Waals surface area contributed by atoms with Crippen LogP contribution in [0.25, 0.3) is 0 Å². The molecule has 0 aliphatic heterocycles. The average molecular weight is 261 g/mol. The minimum Gasteiger partial charge on any atom is -0.480 e.